The van der Waals surface area contributed by atoms with Crippen LogP contribution < -0.4 is 16.6 Å². The molecule has 0 spiro atoms. The van der Waals surface area contributed by atoms with Crippen LogP contribution in [0.15, 0.2) is 6.20 Å². The molecule has 0 saturated carbocycles. The largest absolute Gasteiger partial charge is 0.468 e. The molecular weight excluding hydrogens is 198 g/mol. The topological polar surface area (TPSA) is 102 Å². The molecule has 82 valence electrons. The number of hydrogen-bond acceptors (Lipinski definition) is 7. The standard InChI is InChI=1S/C8H13N5O2/c1-5-3-11-8(13-9)12-7(5)10-4-6(14)15-2/h3H,4,9H2,1-2H3,(H2,10,11,12,13). The number of hydrogen-bond donors (Lipinski definition) is 3. The normalized spacial score (nSPS) is 9.53. The summed E-state index contributed by atoms with van der Waals surface area (Å²) in [6, 6.07) is 0. The minimum atomic E-state index is -0.365. The third kappa shape index (κ3) is 3.06. The Morgan fingerprint density at radius 3 is 3.00 bits per heavy atom. The molecule has 0 bridgehead atoms. The van der Waals surface area contributed by atoms with Gasteiger partial charge in [-0.1, -0.05) is 0 Å². The molecule has 7 nitrogen and oxygen atoms in total. The number of methoxy groups -OCH3 is 1. The lowest BCUT2D eigenvalue weighted by molar-refractivity contribution is -0.138. The second kappa shape index (κ2) is 5.11. The van der Waals surface area contributed by atoms with Gasteiger partial charge >= 0.3 is 5.97 Å². The number of nitrogen functional groups attached to an aromatic ring is 1. The zero-order chi connectivity index (χ0) is 11.3. The number of nitrogens with zero attached hydrogens (tertiary/aromatic N) is 2. The average Bonchev–Trinajstić information content (AvgIpc) is 2.27. The van der Waals surface area contributed by atoms with E-state index in [-0.39, 0.29) is 18.5 Å². The lowest BCUT2D eigenvalue weighted by Gasteiger charge is -2.08. The molecule has 0 saturated heterocycles. The zero-order valence-corrected chi connectivity index (χ0v) is 8.57. The van der Waals surface area contributed by atoms with E-state index in [2.05, 4.69) is 25.4 Å². The molecule has 0 fully saturated rings. The van der Waals surface area contributed by atoms with E-state index in [1.165, 1.54) is 7.11 Å². The molecule has 0 radical (unpaired) electrons. The van der Waals surface area contributed by atoms with Crippen molar-refractivity contribution >= 4 is 17.7 Å². The van der Waals surface area contributed by atoms with E-state index in [0.717, 1.165) is 5.56 Å². The molecule has 0 atom stereocenters. The summed E-state index contributed by atoms with van der Waals surface area (Å²) in [5, 5.41) is 2.82. The van der Waals surface area contributed by atoms with E-state index >= 15 is 0 Å². The van der Waals surface area contributed by atoms with E-state index < -0.39 is 0 Å². The van der Waals surface area contributed by atoms with Crippen molar-refractivity contribution in [3.63, 3.8) is 0 Å². The quantitative estimate of drug-likeness (QED) is 0.355. The summed E-state index contributed by atoms with van der Waals surface area (Å²) in [6.07, 6.45) is 1.60. The number of nitrogens with one attached hydrogen (secondary N) is 2. The van der Waals surface area contributed by atoms with Gasteiger partial charge < -0.3 is 10.1 Å². The highest BCUT2D eigenvalue weighted by Crippen LogP contribution is 2.11. The maximum atomic E-state index is 10.9. The maximum absolute atomic E-state index is 10.9. The van der Waals surface area contributed by atoms with Gasteiger partial charge in [-0.15, -0.1) is 0 Å². The highest BCUT2D eigenvalue weighted by Gasteiger charge is 2.05. The predicted octanol–water partition coefficient (Wildman–Crippen LogP) is -0.344. The van der Waals surface area contributed by atoms with Crippen molar-refractivity contribution in [1.82, 2.24) is 9.97 Å². The first kappa shape index (κ1) is 11.2. The summed E-state index contributed by atoms with van der Waals surface area (Å²) in [6.45, 7) is 1.87. The summed E-state index contributed by atoms with van der Waals surface area (Å²) in [5.74, 6) is 5.62. The maximum Gasteiger partial charge on any atom is 0.325 e. The first-order valence-corrected chi connectivity index (χ1v) is 4.28. The summed E-state index contributed by atoms with van der Waals surface area (Å²) in [4.78, 5) is 18.8. The lowest BCUT2D eigenvalue weighted by Crippen LogP contribution is -2.18. The summed E-state index contributed by atoms with van der Waals surface area (Å²) in [5.41, 5.74) is 3.14. The Bertz CT molecular complexity index is 355. The monoisotopic (exact) mass is 211 g/mol. The number of esters is 1. The van der Waals surface area contributed by atoms with Crippen LogP contribution in [0.5, 0.6) is 0 Å². The van der Waals surface area contributed by atoms with Gasteiger partial charge in [-0.05, 0) is 6.92 Å². The second-order valence-corrected chi connectivity index (χ2v) is 2.80. The first-order valence-electron chi connectivity index (χ1n) is 4.28. The highest BCUT2D eigenvalue weighted by atomic mass is 16.5. The number of hydrazine groups is 1. The molecule has 1 aromatic rings. The Hall–Kier alpha value is -1.89. The third-order valence-electron chi connectivity index (χ3n) is 1.73. The average molecular weight is 211 g/mol. The van der Waals surface area contributed by atoms with Crippen LogP contribution >= 0.6 is 0 Å². The third-order valence-corrected chi connectivity index (χ3v) is 1.73. The van der Waals surface area contributed by atoms with E-state index in [1.807, 2.05) is 6.92 Å². The van der Waals surface area contributed by atoms with Crippen molar-refractivity contribution < 1.29 is 9.53 Å². The number of anilines is 2. The molecule has 4 N–H and O–H groups in total. The van der Waals surface area contributed by atoms with E-state index in [1.54, 1.807) is 6.20 Å². The molecule has 1 rings (SSSR count). The van der Waals surface area contributed by atoms with Crippen LogP contribution in [0.4, 0.5) is 11.8 Å². The van der Waals surface area contributed by atoms with Gasteiger partial charge in [0.15, 0.2) is 0 Å². The van der Waals surface area contributed by atoms with Gasteiger partial charge in [0.05, 0.1) is 7.11 Å². The van der Waals surface area contributed by atoms with E-state index in [0.29, 0.717) is 5.82 Å². The minimum Gasteiger partial charge on any atom is -0.468 e. The van der Waals surface area contributed by atoms with Crippen LogP contribution in [0.25, 0.3) is 0 Å². The molecule has 1 heterocycles. The molecule has 0 amide bonds. The Kier molecular flexibility index (Phi) is 3.81. The fraction of sp³-hybridized carbons (Fsp3) is 0.375. The number of rotatable bonds is 4. The van der Waals surface area contributed by atoms with Gasteiger partial charge in [0.1, 0.15) is 12.4 Å². The predicted molar refractivity (Wildman–Crippen MR) is 55.1 cm³/mol. The highest BCUT2D eigenvalue weighted by molar-refractivity contribution is 5.74. The van der Waals surface area contributed by atoms with Crippen LogP contribution in [0.3, 0.4) is 0 Å². The van der Waals surface area contributed by atoms with Gasteiger partial charge in [0, 0.05) is 11.8 Å². The van der Waals surface area contributed by atoms with E-state index in [9.17, 15) is 4.79 Å². The molecule has 0 aromatic carbocycles. The molecule has 1 aromatic heterocycles. The minimum absolute atomic E-state index is 0.0539. The number of carbonyl (C=O) groups is 1. The molecule has 0 aliphatic rings. The zero-order valence-electron chi connectivity index (χ0n) is 8.57. The van der Waals surface area contributed by atoms with Gasteiger partial charge in [0.25, 0.3) is 0 Å². The second-order valence-electron chi connectivity index (χ2n) is 2.80. The van der Waals surface area contributed by atoms with Gasteiger partial charge in [-0.25, -0.2) is 10.8 Å². The molecule has 0 aliphatic heterocycles. The molecule has 0 unspecified atom stereocenters. The molecule has 15 heavy (non-hydrogen) atoms. The molecule has 7 heteroatoms. The molecule has 0 aliphatic carbocycles. The van der Waals surface area contributed by atoms with Crippen LogP contribution in [-0.2, 0) is 9.53 Å². The summed E-state index contributed by atoms with van der Waals surface area (Å²) >= 11 is 0. The van der Waals surface area contributed by atoms with Crippen LogP contribution in [0.2, 0.25) is 0 Å². The van der Waals surface area contributed by atoms with Gasteiger partial charge in [-0.2, -0.15) is 4.98 Å². The smallest absolute Gasteiger partial charge is 0.325 e. The SMILES string of the molecule is COC(=O)CNc1nc(NN)ncc1C. The fourth-order valence-corrected chi connectivity index (χ4v) is 0.919. The van der Waals surface area contributed by atoms with Crippen LogP contribution in [0.1, 0.15) is 5.56 Å². The fourth-order valence-electron chi connectivity index (χ4n) is 0.919. The Morgan fingerprint density at radius 2 is 2.40 bits per heavy atom. The van der Waals surface area contributed by atoms with Crippen molar-refractivity contribution in [2.45, 2.75) is 6.92 Å². The van der Waals surface area contributed by atoms with Crippen molar-refractivity contribution in [2.24, 2.45) is 5.84 Å². The van der Waals surface area contributed by atoms with Crippen molar-refractivity contribution in [3.8, 4) is 0 Å². The summed E-state index contributed by atoms with van der Waals surface area (Å²) in [7, 11) is 1.32. The first-order chi connectivity index (χ1) is 7.17. The Labute approximate surface area is 87.0 Å². The number of carbonyl (C=O) groups excluding carboxylic acids is 1. The molecular formula is C8H13N5O2. The van der Waals surface area contributed by atoms with Crippen molar-refractivity contribution in [2.75, 3.05) is 24.4 Å². The van der Waals surface area contributed by atoms with Crippen molar-refractivity contribution in [1.29, 1.82) is 0 Å². The van der Waals surface area contributed by atoms with Gasteiger partial charge in [0.2, 0.25) is 5.95 Å². The van der Waals surface area contributed by atoms with Crippen LogP contribution in [-0.4, -0.2) is 29.6 Å². The van der Waals surface area contributed by atoms with Crippen molar-refractivity contribution in [3.05, 3.63) is 11.8 Å². The number of aromatic nitrogens is 2. The number of ether oxygens (including phenoxy) is 1. The Morgan fingerprint density at radius 1 is 1.67 bits per heavy atom. The van der Waals surface area contributed by atoms with Gasteiger partial charge in [-0.3, -0.25) is 10.2 Å². The van der Waals surface area contributed by atoms with E-state index in [4.69, 9.17) is 5.84 Å². The summed E-state index contributed by atoms with van der Waals surface area (Å²) < 4.78 is 4.48. The number of nitrogens with two attached hydrogens (primary N) is 1. The van der Waals surface area contributed by atoms with Crippen LogP contribution in [0, 0.1) is 6.92 Å². The lowest BCUT2D eigenvalue weighted by atomic mass is 10.3. The Balaban J connectivity index is 2.70. The number of aryl methyl sites for hydroxylation is 1.